The van der Waals surface area contributed by atoms with Gasteiger partial charge in [-0.15, -0.1) is 24.0 Å². The van der Waals surface area contributed by atoms with E-state index in [9.17, 15) is 5.11 Å². The smallest absolute Gasteiger partial charge is 0.191 e. The van der Waals surface area contributed by atoms with Crippen molar-refractivity contribution in [2.24, 2.45) is 4.99 Å². The van der Waals surface area contributed by atoms with Gasteiger partial charge in [-0.1, -0.05) is 18.2 Å². The summed E-state index contributed by atoms with van der Waals surface area (Å²) in [6.45, 7) is 4.75. The van der Waals surface area contributed by atoms with Crippen LogP contribution in [0.25, 0.3) is 0 Å². The maximum atomic E-state index is 10.2. The largest absolute Gasteiger partial charge is 0.487 e. The van der Waals surface area contributed by atoms with Crippen molar-refractivity contribution in [1.82, 2.24) is 10.6 Å². The second kappa shape index (κ2) is 7.47. The molecule has 3 N–H and O–H groups in total. The van der Waals surface area contributed by atoms with E-state index in [1.807, 2.05) is 18.2 Å². The minimum atomic E-state index is -0.565. The molecular formula is C18H28IN3O2. The molecule has 1 unspecified atom stereocenters. The molecular weight excluding hydrogens is 417 g/mol. The fourth-order valence-electron chi connectivity index (χ4n) is 3.30. The number of hydrogen-bond donors (Lipinski definition) is 3. The summed E-state index contributed by atoms with van der Waals surface area (Å²) >= 11 is 0. The highest BCUT2D eigenvalue weighted by Crippen LogP contribution is 2.39. The maximum Gasteiger partial charge on any atom is 0.191 e. The second-order valence-corrected chi connectivity index (χ2v) is 7.30. The summed E-state index contributed by atoms with van der Waals surface area (Å²) in [5, 5.41) is 17.0. The van der Waals surface area contributed by atoms with Crippen molar-refractivity contribution in [1.29, 1.82) is 0 Å². The predicted octanol–water partition coefficient (Wildman–Crippen LogP) is 2.99. The molecule has 0 amide bonds. The highest BCUT2D eigenvalue weighted by molar-refractivity contribution is 14.0. The van der Waals surface area contributed by atoms with Crippen molar-refractivity contribution in [2.75, 3.05) is 13.6 Å². The first-order valence-electron chi connectivity index (χ1n) is 8.38. The maximum absolute atomic E-state index is 10.2. The number of aliphatic imine (C=N–C) groups is 1. The van der Waals surface area contributed by atoms with Crippen molar-refractivity contribution >= 4 is 29.9 Å². The Morgan fingerprint density at radius 2 is 2.04 bits per heavy atom. The zero-order valence-corrected chi connectivity index (χ0v) is 17.0. The van der Waals surface area contributed by atoms with Gasteiger partial charge in [0.1, 0.15) is 11.4 Å². The van der Waals surface area contributed by atoms with Gasteiger partial charge in [0.15, 0.2) is 5.96 Å². The van der Waals surface area contributed by atoms with Crippen molar-refractivity contribution < 1.29 is 9.84 Å². The molecule has 134 valence electrons. The molecule has 5 nitrogen and oxygen atoms in total. The fraction of sp³-hybridized carbons (Fsp3) is 0.611. The van der Waals surface area contributed by atoms with Crippen LogP contribution in [-0.4, -0.2) is 35.9 Å². The monoisotopic (exact) mass is 445 g/mol. The second-order valence-electron chi connectivity index (χ2n) is 7.30. The number of benzene rings is 1. The molecule has 0 saturated heterocycles. The third-order valence-electron chi connectivity index (χ3n) is 4.78. The van der Waals surface area contributed by atoms with Gasteiger partial charge in [0.2, 0.25) is 0 Å². The number of halogens is 1. The first kappa shape index (κ1) is 19.3. The molecule has 1 aromatic rings. The lowest BCUT2D eigenvalue weighted by atomic mass is 9.80. The molecule has 2 aliphatic rings. The predicted molar refractivity (Wildman–Crippen MR) is 107 cm³/mol. The number of guanidine groups is 1. The molecule has 1 aliphatic carbocycles. The number of aliphatic hydroxyl groups is 1. The number of rotatable bonds is 3. The average molecular weight is 445 g/mol. The van der Waals surface area contributed by atoms with Gasteiger partial charge in [0.25, 0.3) is 0 Å². The van der Waals surface area contributed by atoms with Gasteiger partial charge in [0, 0.05) is 25.6 Å². The lowest BCUT2D eigenvalue weighted by Gasteiger charge is -2.39. The van der Waals surface area contributed by atoms with Crippen molar-refractivity contribution in [3.8, 4) is 5.75 Å². The van der Waals surface area contributed by atoms with Gasteiger partial charge in [-0.2, -0.15) is 0 Å². The summed E-state index contributed by atoms with van der Waals surface area (Å²) in [6, 6.07) is 8.27. The van der Waals surface area contributed by atoms with Crippen LogP contribution >= 0.6 is 24.0 Å². The van der Waals surface area contributed by atoms with Crippen LogP contribution in [0.3, 0.4) is 0 Å². The van der Waals surface area contributed by atoms with Crippen LogP contribution in [0.15, 0.2) is 29.3 Å². The van der Waals surface area contributed by atoms with E-state index in [0.29, 0.717) is 6.54 Å². The van der Waals surface area contributed by atoms with Crippen molar-refractivity contribution in [3.63, 3.8) is 0 Å². The molecule has 0 spiro atoms. The standard InChI is InChI=1S/C18H27N3O2.HI/c1-17(2)11-14(13-7-4-5-8-15(13)23-17)21-16(19-3)20-12-18(22)9-6-10-18;/h4-5,7-8,14,22H,6,9-12H2,1-3H3,(H2,19,20,21);1H. The molecule has 1 heterocycles. The summed E-state index contributed by atoms with van der Waals surface area (Å²) in [5.74, 6) is 1.65. The Morgan fingerprint density at radius 3 is 2.67 bits per heavy atom. The van der Waals surface area contributed by atoms with E-state index < -0.39 is 5.60 Å². The van der Waals surface area contributed by atoms with Crippen LogP contribution in [0, 0.1) is 0 Å². The normalized spacial score (nSPS) is 23.8. The molecule has 0 radical (unpaired) electrons. The fourth-order valence-corrected chi connectivity index (χ4v) is 3.30. The zero-order valence-electron chi connectivity index (χ0n) is 14.6. The van der Waals surface area contributed by atoms with E-state index in [-0.39, 0.29) is 35.6 Å². The molecule has 3 rings (SSSR count). The Hall–Kier alpha value is -1.02. The van der Waals surface area contributed by atoms with E-state index in [4.69, 9.17) is 4.74 Å². The number of fused-ring (bicyclic) bond motifs is 1. The van der Waals surface area contributed by atoms with Crippen molar-refractivity contribution in [3.05, 3.63) is 29.8 Å². The molecule has 24 heavy (non-hydrogen) atoms. The highest BCUT2D eigenvalue weighted by atomic mass is 127. The van der Waals surface area contributed by atoms with E-state index in [0.717, 1.165) is 43.0 Å². The van der Waals surface area contributed by atoms with Gasteiger partial charge in [-0.05, 0) is 39.2 Å². The molecule has 1 atom stereocenters. The Kier molecular flexibility index (Phi) is 6.01. The molecule has 0 bridgehead atoms. The van der Waals surface area contributed by atoms with Gasteiger partial charge in [-0.3, -0.25) is 4.99 Å². The third kappa shape index (κ3) is 4.33. The zero-order chi connectivity index (χ0) is 16.5. The van der Waals surface area contributed by atoms with Crippen LogP contribution in [-0.2, 0) is 0 Å². The number of nitrogens with one attached hydrogen (secondary N) is 2. The van der Waals surface area contributed by atoms with E-state index in [1.165, 1.54) is 0 Å². The van der Waals surface area contributed by atoms with Crippen LogP contribution in [0.2, 0.25) is 0 Å². The molecule has 1 saturated carbocycles. The Morgan fingerprint density at radius 1 is 1.33 bits per heavy atom. The molecule has 1 aliphatic heterocycles. The summed E-state index contributed by atoms with van der Waals surface area (Å²) < 4.78 is 6.07. The minimum Gasteiger partial charge on any atom is -0.487 e. The quantitative estimate of drug-likeness (QED) is 0.380. The van der Waals surface area contributed by atoms with Gasteiger partial charge in [-0.25, -0.2) is 0 Å². The SMILES string of the molecule is CN=C(NCC1(O)CCC1)NC1CC(C)(C)Oc2ccccc21.I. The van der Waals surface area contributed by atoms with E-state index in [2.05, 4.69) is 35.5 Å². The third-order valence-corrected chi connectivity index (χ3v) is 4.78. The topological polar surface area (TPSA) is 65.9 Å². The van der Waals surface area contributed by atoms with Gasteiger partial charge in [0.05, 0.1) is 11.6 Å². The first-order valence-corrected chi connectivity index (χ1v) is 8.38. The van der Waals surface area contributed by atoms with Crippen LogP contribution in [0.1, 0.15) is 51.1 Å². The summed E-state index contributed by atoms with van der Waals surface area (Å²) in [5.41, 5.74) is 0.360. The van der Waals surface area contributed by atoms with Gasteiger partial charge < -0.3 is 20.5 Å². The van der Waals surface area contributed by atoms with Crippen LogP contribution < -0.4 is 15.4 Å². The average Bonchev–Trinajstić information content (AvgIpc) is 2.48. The van der Waals surface area contributed by atoms with Crippen molar-refractivity contribution in [2.45, 2.75) is 56.8 Å². The van der Waals surface area contributed by atoms with Crippen LogP contribution in [0.4, 0.5) is 0 Å². The number of ether oxygens (including phenoxy) is 1. The lowest BCUT2D eigenvalue weighted by molar-refractivity contribution is -0.0280. The molecule has 1 aromatic carbocycles. The van der Waals surface area contributed by atoms with E-state index in [1.54, 1.807) is 7.05 Å². The Bertz CT molecular complexity index is 600. The molecule has 1 fully saturated rings. The molecule has 6 heteroatoms. The van der Waals surface area contributed by atoms with Crippen LogP contribution in [0.5, 0.6) is 5.75 Å². The number of para-hydroxylation sites is 1. The lowest BCUT2D eigenvalue weighted by Crippen LogP contribution is -2.52. The number of nitrogens with zero attached hydrogens (tertiary/aromatic N) is 1. The summed E-state index contributed by atoms with van der Waals surface area (Å²) in [7, 11) is 1.76. The van der Waals surface area contributed by atoms with E-state index >= 15 is 0 Å². The Labute approximate surface area is 161 Å². The Balaban J connectivity index is 0.00000208. The summed E-state index contributed by atoms with van der Waals surface area (Å²) in [6.07, 6.45) is 3.69. The number of hydrogen-bond acceptors (Lipinski definition) is 3. The highest BCUT2D eigenvalue weighted by Gasteiger charge is 2.36. The molecule has 0 aromatic heterocycles. The first-order chi connectivity index (χ1) is 10.9. The summed E-state index contributed by atoms with van der Waals surface area (Å²) in [4.78, 5) is 4.31. The minimum absolute atomic E-state index is 0. The van der Waals surface area contributed by atoms with Gasteiger partial charge >= 0.3 is 0 Å².